The molecule has 21 heavy (non-hydrogen) atoms. The van der Waals surface area contributed by atoms with Crippen molar-refractivity contribution in [2.45, 2.75) is 13.0 Å². The first-order valence-electron chi connectivity index (χ1n) is 6.74. The van der Waals surface area contributed by atoms with E-state index >= 15 is 0 Å². The molecule has 0 unspecified atom stereocenters. The van der Waals surface area contributed by atoms with E-state index in [9.17, 15) is 9.59 Å². The van der Waals surface area contributed by atoms with Crippen LogP contribution in [0.25, 0.3) is 10.2 Å². The minimum Gasteiger partial charge on any atom is -0.337 e. The molecule has 0 atom stereocenters. The SMILES string of the molecule is CN(Cc1nc2ccccc2s1)CN1C(=O)CCNC1=O. The van der Waals surface area contributed by atoms with Crippen LogP contribution >= 0.6 is 11.3 Å². The van der Waals surface area contributed by atoms with E-state index in [1.165, 1.54) is 4.90 Å². The fourth-order valence-corrected chi connectivity index (χ4v) is 3.32. The number of carbonyl (C=O) groups excluding carboxylic acids is 2. The van der Waals surface area contributed by atoms with E-state index in [0.717, 1.165) is 15.2 Å². The number of nitrogens with one attached hydrogen (secondary N) is 1. The lowest BCUT2D eigenvalue weighted by Gasteiger charge is -2.29. The molecule has 0 saturated carbocycles. The highest BCUT2D eigenvalue weighted by atomic mass is 32.1. The molecule has 1 aliphatic rings. The maximum absolute atomic E-state index is 11.8. The number of aromatic nitrogens is 1. The van der Waals surface area contributed by atoms with Crippen molar-refractivity contribution >= 4 is 33.5 Å². The fourth-order valence-electron chi connectivity index (χ4n) is 2.27. The molecule has 2 aromatic rings. The Hall–Kier alpha value is -1.99. The van der Waals surface area contributed by atoms with Crippen molar-refractivity contribution in [1.29, 1.82) is 0 Å². The molecule has 1 aromatic carbocycles. The molecule has 1 N–H and O–H groups in total. The van der Waals surface area contributed by atoms with E-state index < -0.39 is 0 Å². The summed E-state index contributed by atoms with van der Waals surface area (Å²) < 4.78 is 1.15. The highest BCUT2D eigenvalue weighted by molar-refractivity contribution is 7.18. The Morgan fingerprint density at radius 3 is 2.95 bits per heavy atom. The summed E-state index contributed by atoms with van der Waals surface area (Å²) in [6.45, 7) is 1.31. The molecule has 1 saturated heterocycles. The Labute approximate surface area is 126 Å². The van der Waals surface area contributed by atoms with Gasteiger partial charge in [0.2, 0.25) is 5.91 Å². The van der Waals surface area contributed by atoms with Gasteiger partial charge >= 0.3 is 6.03 Å². The van der Waals surface area contributed by atoms with Crippen molar-refractivity contribution in [3.8, 4) is 0 Å². The average molecular weight is 304 g/mol. The molecule has 1 aromatic heterocycles. The standard InChI is InChI=1S/C14H16N4O2S/c1-17(9-18-13(19)6-7-15-14(18)20)8-12-16-10-4-2-3-5-11(10)21-12/h2-5H,6-9H2,1H3,(H,15,20). The summed E-state index contributed by atoms with van der Waals surface area (Å²) in [6, 6.07) is 7.66. The second-order valence-corrected chi connectivity index (χ2v) is 6.15. The van der Waals surface area contributed by atoms with Crippen molar-refractivity contribution in [1.82, 2.24) is 20.1 Å². The third-order valence-corrected chi connectivity index (χ3v) is 4.31. The minimum atomic E-state index is -0.317. The van der Waals surface area contributed by atoms with Gasteiger partial charge in [0.05, 0.1) is 23.4 Å². The van der Waals surface area contributed by atoms with Gasteiger partial charge in [0, 0.05) is 13.0 Å². The zero-order chi connectivity index (χ0) is 14.8. The van der Waals surface area contributed by atoms with Gasteiger partial charge in [-0.25, -0.2) is 9.78 Å². The van der Waals surface area contributed by atoms with Gasteiger partial charge in [-0.05, 0) is 19.2 Å². The van der Waals surface area contributed by atoms with Gasteiger partial charge < -0.3 is 5.32 Å². The first-order chi connectivity index (χ1) is 10.1. The largest absolute Gasteiger partial charge is 0.337 e. The normalized spacial score (nSPS) is 15.8. The van der Waals surface area contributed by atoms with Crippen LogP contribution in [0.3, 0.4) is 0 Å². The van der Waals surface area contributed by atoms with E-state index in [-0.39, 0.29) is 18.6 Å². The molecule has 3 rings (SSSR count). The van der Waals surface area contributed by atoms with E-state index in [4.69, 9.17) is 0 Å². The smallest absolute Gasteiger partial charge is 0.325 e. The molecule has 0 bridgehead atoms. The van der Waals surface area contributed by atoms with Crippen molar-refractivity contribution in [3.05, 3.63) is 29.3 Å². The first kappa shape index (κ1) is 14.0. The van der Waals surface area contributed by atoms with Gasteiger partial charge in [-0.3, -0.25) is 14.6 Å². The molecule has 1 fully saturated rings. The number of amides is 3. The predicted molar refractivity (Wildman–Crippen MR) is 80.8 cm³/mol. The number of fused-ring (bicyclic) bond motifs is 1. The topological polar surface area (TPSA) is 65.5 Å². The lowest BCUT2D eigenvalue weighted by molar-refractivity contribution is -0.130. The number of carbonyl (C=O) groups is 2. The molecular formula is C14H16N4O2S. The van der Waals surface area contributed by atoms with Crippen molar-refractivity contribution in [2.24, 2.45) is 0 Å². The molecule has 0 radical (unpaired) electrons. The molecule has 7 heteroatoms. The van der Waals surface area contributed by atoms with Crippen LogP contribution in [0.5, 0.6) is 0 Å². The van der Waals surface area contributed by atoms with Crippen LogP contribution in [0.4, 0.5) is 4.79 Å². The van der Waals surface area contributed by atoms with Gasteiger partial charge in [0.1, 0.15) is 5.01 Å². The number of nitrogens with zero attached hydrogens (tertiary/aromatic N) is 3. The third-order valence-electron chi connectivity index (χ3n) is 3.29. The molecule has 0 aliphatic carbocycles. The lowest BCUT2D eigenvalue weighted by atomic mass is 10.3. The number of imide groups is 1. The summed E-state index contributed by atoms with van der Waals surface area (Å²) in [4.78, 5) is 31.2. The van der Waals surface area contributed by atoms with Crippen molar-refractivity contribution in [3.63, 3.8) is 0 Å². The second kappa shape index (κ2) is 5.79. The maximum atomic E-state index is 11.8. The summed E-state index contributed by atoms with van der Waals surface area (Å²) in [5.41, 5.74) is 0.984. The zero-order valence-electron chi connectivity index (χ0n) is 11.7. The third kappa shape index (κ3) is 3.03. The van der Waals surface area contributed by atoms with Gasteiger partial charge in [-0.1, -0.05) is 12.1 Å². The highest BCUT2D eigenvalue weighted by Gasteiger charge is 2.26. The summed E-state index contributed by atoms with van der Waals surface area (Å²) in [7, 11) is 1.88. The van der Waals surface area contributed by atoms with Crippen molar-refractivity contribution < 1.29 is 9.59 Å². The van der Waals surface area contributed by atoms with E-state index in [1.54, 1.807) is 11.3 Å². The van der Waals surface area contributed by atoms with Gasteiger partial charge in [0.15, 0.2) is 0 Å². The first-order valence-corrected chi connectivity index (χ1v) is 7.56. The monoisotopic (exact) mass is 304 g/mol. The Kier molecular flexibility index (Phi) is 3.85. The van der Waals surface area contributed by atoms with Crippen LogP contribution in [-0.2, 0) is 11.3 Å². The minimum absolute atomic E-state index is 0.130. The number of benzene rings is 1. The van der Waals surface area contributed by atoms with E-state index in [1.807, 2.05) is 36.2 Å². The van der Waals surface area contributed by atoms with Crippen molar-refractivity contribution in [2.75, 3.05) is 20.3 Å². The van der Waals surface area contributed by atoms with Gasteiger partial charge in [0.25, 0.3) is 0 Å². The number of rotatable bonds is 4. The van der Waals surface area contributed by atoms with Crippen LogP contribution in [-0.4, -0.2) is 47.0 Å². The average Bonchev–Trinajstić information content (AvgIpc) is 2.85. The molecule has 110 valence electrons. The number of urea groups is 1. The Morgan fingerprint density at radius 2 is 2.19 bits per heavy atom. The molecule has 2 heterocycles. The van der Waals surface area contributed by atoms with Crippen LogP contribution in [0, 0.1) is 0 Å². The van der Waals surface area contributed by atoms with Crippen LogP contribution < -0.4 is 5.32 Å². The van der Waals surface area contributed by atoms with Gasteiger partial charge in [-0.2, -0.15) is 0 Å². The molecule has 1 aliphatic heterocycles. The Bertz CT molecular complexity index is 635. The van der Waals surface area contributed by atoms with Crippen LogP contribution in [0.15, 0.2) is 24.3 Å². The number of hydrogen-bond donors (Lipinski definition) is 1. The molecule has 6 nitrogen and oxygen atoms in total. The second-order valence-electron chi connectivity index (χ2n) is 5.03. The number of para-hydroxylation sites is 1. The molecule has 3 amide bonds. The lowest BCUT2D eigenvalue weighted by Crippen LogP contribution is -2.53. The molecule has 0 spiro atoms. The number of thiazole rings is 1. The summed E-state index contributed by atoms with van der Waals surface area (Å²) in [5.74, 6) is -0.130. The summed E-state index contributed by atoms with van der Waals surface area (Å²) >= 11 is 1.63. The quantitative estimate of drug-likeness (QED) is 0.932. The fraction of sp³-hybridized carbons (Fsp3) is 0.357. The predicted octanol–water partition coefficient (Wildman–Crippen LogP) is 1.63. The van der Waals surface area contributed by atoms with E-state index in [2.05, 4.69) is 10.3 Å². The van der Waals surface area contributed by atoms with Gasteiger partial charge in [-0.15, -0.1) is 11.3 Å². The van der Waals surface area contributed by atoms with Crippen LogP contribution in [0.2, 0.25) is 0 Å². The van der Waals surface area contributed by atoms with Crippen LogP contribution in [0.1, 0.15) is 11.4 Å². The Balaban J connectivity index is 1.66. The number of hydrogen-bond acceptors (Lipinski definition) is 5. The Morgan fingerprint density at radius 1 is 1.38 bits per heavy atom. The van der Waals surface area contributed by atoms with E-state index in [0.29, 0.717) is 19.5 Å². The molecular weight excluding hydrogens is 288 g/mol. The summed E-state index contributed by atoms with van der Waals surface area (Å²) in [5, 5.41) is 3.66. The highest BCUT2D eigenvalue weighted by Crippen LogP contribution is 2.22. The summed E-state index contributed by atoms with van der Waals surface area (Å²) in [6.07, 6.45) is 0.362. The maximum Gasteiger partial charge on any atom is 0.325 e. The zero-order valence-corrected chi connectivity index (χ0v) is 12.5.